The first-order chi connectivity index (χ1) is 11.9. The lowest BCUT2D eigenvalue weighted by molar-refractivity contribution is 0.0940. The van der Waals surface area contributed by atoms with E-state index in [4.69, 9.17) is 23.8 Å². The number of H-pyrrole nitrogens is 2. The van der Waals surface area contributed by atoms with Crippen LogP contribution < -0.4 is 10.9 Å². The van der Waals surface area contributed by atoms with Gasteiger partial charge in [-0.3, -0.25) is 14.6 Å². The van der Waals surface area contributed by atoms with Crippen molar-refractivity contribution in [2.24, 2.45) is 0 Å². The first-order valence-corrected chi connectivity index (χ1v) is 8.52. The Balaban J connectivity index is 1.77. The van der Waals surface area contributed by atoms with Crippen molar-refractivity contribution in [3.63, 3.8) is 0 Å². The van der Waals surface area contributed by atoms with Gasteiger partial charge >= 0.3 is 0 Å². The van der Waals surface area contributed by atoms with Crippen molar-refractivity contribution in [3.05, 3.63) is 73.7 Å². The Hall–Kier alpha value is -2.44. The van der Waals surface area contributed by atoms with Gasteiger partial charge in [0, 0.05) is 16.6 Å². The van der Waals surface area contributed by atoms with Gasteiger partial charge in [-0.05, 0) is 61.5 Å². The van der Waals surface area contributed by atoms with Crippen LogP contribution >= 0.6 is 23.8 Å². The van der Waals surface area contributed by atoms with Crippen LogP contribution in [0, 0.1) is 4.77 Å². The normalized spacial score (nSPS) is 12.1. The molecular formula is C18H16ClN3O2S. The molecule has 1 atom stereocenters. The first-order valence-electron chi connectivity index (χ1n) is 7.74. The molecule has 5 nitrogen and oxygen atoms in total. The number of halogens is 1. The third-order valence-electron chi connectivity index (χ3n) is 3.81. The Kier molecular flexibility index (Phi) is 5.01. The average Bonchev–Trinajstić information content (AvgIpc) is 2.53. The van der Waals surface area contributed by atoms with Gasteiger partial charge in [-0.2, -0.15) is 0 Å². The van der Waals surface area contributed by atoms with Gasteiger partial charge in [0.2, 0.25) is 0 Å². The Labute approximate surface area is 154 Å². The van der Waals surface area contributed by atoms with Gasteiger partial charge in [0.15, 0.2) is 4.77 Å². The van der Waals surface area contributed by atoms with Crippen LogP contribution in [0.3, 0.4) is 0 Å². The Morgan fingerprint density at radius 1 is 1.24 bits per heavy atom. The molecule has 1 aromatic heterocycles. The van der Waals surface area contributed by atoms with Crippen molar-refractivity contribution in [3.8, 4) is 0 Å². The van der Waals surface area contributed by atoms with E-state index in [1.54, 1.807) is 18.2 Å². The molecule has 0 bridgehead atoms. The van der Waals surface area contributed by atoms with Gasteiger partial charge < -0.3 is 10.3 Å². The molecule has 3 rings (SSSR count). The lowest BCUT2D eigenvalue weighted by atomic mass is 10.1. The number of hydrogen-bond donors (Lipinski definition) is 3. The maximum Gasteiger partial charge on any atom is 0.259 e. The average molecular weight is 374 g/mol. The molecule has 0 aliphatic rings. The fraction of sp³-hybridized carbons (Fsp3) is 0.167. The third-order valence-corrected chi connectivity index (χ3v) is 4.25. The molecule has 0 spiro atoms. The van der Waals surface area contributed by atoms with Gasteiger partial charge in [0.25, 0.3) is 11.5 Å². The maximum atomic E-state index is 12.5. The first kappa shape index (κ1) is 17.4. The quantitative estimate of drug-likeness (QED) is 0.611. The van der Waals surface area contributed by atoms with Crippen LogP contribution in [0.2, 0.25) is 5.02 Å². The van der Waals surface area contributed by atoms with Crippen molar-refractivity contribution in [1.29, 1.82) is 0 Å². The van der Waals surface area contributed by atoms with Crippen molar-refractivity contribution in [2.75, 3.05) is 0 Å². The number of aromatic nitrogens is 2. The molecule has 0 aliphatic carbocycles. The van der Waals surface area contributed by atoms with Crippen LogP contribution in [0.15, 0.2) is 47.3 Å². The van der Waals surface area contributed by atoms with E-state index in [0.717, 1.165) is 5.56 Å². The Morgan fingerprint density at radius 2 is 2.04 bits per heavy atom. The zero-order chi connectivity index (χ0) is 18.0. The van der Waals surface area contributed by atoms with Gasteiger partial charge in [-0.15, -0.1) is 0 Å². The number of fused-ring (bicyclic) bond motifs is 1. The highest BCUT2D eigenvalue weighted by molar-refractivity contribution is 7.71. The molecule has 7 heteroatoms. The van der Waals surface area contributed by atoms with E-state index < -0.39 is 0 Å². The van der Waals surface area contributed by atoms with Crippen LogP contribution in [0.5, 0.6) is 0 Å². The number of benzene rings is 2. The molecule has 128 valence electrons. The SMILES string of the molecule is C[C@@H](Cc1cccc(Cl)c1)NC(=O)c1ccc2c(=O)[nH]c(=S)[nH]c2c1. The number of rotatable bonds is 4. The molecule has 3 N–H and O–H groups in total. The Morgan fingerprint density at radius 3 is 2.80 bits per heavy atom. The molecule has 1 amide bonds. The van der Waals surface area contributed by atoms with Gasteiger partial charge in [0.05, 0.1) is 10.9 Å². The van der Waals surface area contributed by atoms with Crippen molar-refractivity contribution in [2.45, 2.75) is 19.4 Å². The second kappa shape index (κ2) is 7.21. The summed E-state index contributed by atoms with van der Waals surface area (Å²) in [5, 5.41) is 4.08. The second-order valence-electron chi connectivity index (χ2n) is 5.88. The van der Waals surface area contributed by atoms with E-state index in [2.05, 4.69) is 15.3 Å². The minimum absolute atomic E-state index is 0.0701. The number of carbonyl (C=O) groups is 1. The summed E-state index contributed by atoms with van der Waals surface area (Å²) in [6, 6.07) is 12.3. The summed E-state index contributed by atoms with van der Waals surface area (Å²) in [5.41, 5.74) is 1.76. The molecule has 3 aromatic rings. The smallest absolute Gasteiger partial charge is 0.259 e. The second-order valence-corrected chi connectivity index (χ2v) is 6.72. The number of carbonyl (C=O) groups excluding carboxylic acids is 1. The molecule has 0 aliphatic heterocycles. The van der Waals surface area contributed by atoms with E-state index in [1.807, 2.05) is 31.2 Å². The summed E-state index contributed by atoms with van der Waals surface area (Å²) in [4.78, 5) is 29.7. The van der Waals surface area contributed by atoms with Crippen LogP contribution in [-0.2, 0) is 6.42 Å². The molecule has 2 aromatic carbocycles. The molecule has 0 unspecified atom stereocenters. The molecule has 0 fully saturated rings. The lowest BCUT2D eigenvalue weighted by Crippen LogP contribution is -2.34. The highest BCUT2D eigenvalue weighted by Gasteiger charge is 2.12. The summed E-state index contributed by atoms with van der Waals surface area (Å²) in [5.74, 6) is -0.212. The minimum Gasteiger partial charge on any atom is -0.349 e. The number of hydrogen-bond acceptors (Lipinski definition) is 3. The van der Waals surface area contributed by atoms with Gasteiger partial charge in [0.1, 0.15) is 0 Å². The molecule has 0 radical (unpaired) electrons. The van der Waals surface area contributed by atoms with Crippen molar-refractivity contribution >= 4 is 40.6 Å². The molecule has 0 saturated heterocycles. The van der Waals surface area contributed by atoms with Crippen LogP contribution in [0.25, 0.3) is 10.9 Å². The number of amides is 1. The number of nitrogens with one attached hydrogen (secondary N) is 3. The largest absolute Gasteiger partial charge is 0.349 e. The molecule has 0 saturated carbocycles. The van der Waals surface area contributed by atoms with Gasteiger partial charge in [-0.25, -0.2) is 0 Å². The van der Waals surface area contributed by atoms with Crippen molar-refractivity contribution < 1.29 is 4.79 Å². The fourth-order valence-electron chi connectivity index (χ4n) is 2.69. The standard InChI is InChI=1S/C18H16ClN3O2S/c1-10(7-11-3-2-4-13(19)8-11)20-16(23)12-5-6-14-15(9-12)21-18(25)22-17(14)24/h2-6,8-10H,7H2,1H3,(H,20,23)(H2,21,22,24,25)/t10-/m0/s1. The molecule has 1 heterocycles. The third kappa shape index (κ3) is 4.15. The summed E-state index contributed by atoms with van der Waals surface area (Å²) in [6.07, 6.45) is 0.669. The molecular weight excluding hydrogens is 358 g/mol. The van der Waals surface area contributed by atoms with Crippen molar-refractivity contribution in [1.82, 2.24) is 15.3 Å². The summed E-state index contributed by atoms with van der Waals surface area (Å²) in [6.45, 7) is 1.93. The van der Waals surface area contributed by atoms with Crippen LogP contribution in [0.1, 0.15) is 22.8 Å². The predicted octanol–water partition coefficient (Wildman–Crippen LogP) is 3.60. The van der Waals surface area contributed by atoms with E-state index in [9.17, 15) is 9.59 Å². The van der Waals surface area contributed by atoms with E-state index in [1.165, 1.54) is 0 Å². The fourth-order valence-corrected chi connectivity index (χ4v) is 3.10. The lowest BCUT2D eigenvalue weighted by Gasteiger charge is -2.14. The van der Waals surface area contributed by atoms with Crippen LogP contribution in [0.4, 0.5) is 0 Å². The van der Waals surface area contributed by atoms with E-state index in [-0.39, 0.29) is 22.3 Å². The zero-order valence-corrected chi connectivity index (χ0v) is 15.0. The highest BCUT2D eigenvalue weighted by Crippen LogP contribution is 2.13. The summed E-state index contributed by atoms with van der Waals surface area (Å²) in [7, 11) is 0. The summed E-state index contributed by atoms with van der Waals surface area (Å²) < 4.78 is 0.226. The zero-order valence-electron chi connectivity index (χ0n) is 13.4. The predicted molar refractivity (Wildman–Crippen MR) is 102 cm³/mol. The maximum absolute atomic E-state index is 12.5. The number of aromatic amines is 2. The van der Waals surface area contributed by atoms with Crippen LogP contribution in [-0.4, -0.2) is 21.9 Å². The molecule has 25 heavy (non-hydrogen) atoms. The van der Waals surface area contributed by atoms with E-state index in [0.29, 0.717) is 27.9 Å². The van der Waals surface area contributed by atoms with Gasteiger partial charge in [-0.1, -0.05) is 23.7 Å². The highest BCUT2D eigenvalue weighted by atomic mass is 35.5. The monoisotopic (exact) mass is 373 g/mol. The minimum atomic E-state index is -0.278. The Bertz CT molecular complexity index is 1060. The topological polar surface area (TPSA) is 77.8 Å². The van der Waals surface area contributed by atoms with E-state index >= 15 is 0 Å². The summed E-state index contributed by atoms with van der Waals surface area (Å²) >= 11 is 11.0.